The Labute approximate surface area is 175 Å². The van der Waals surface area contributed by atoms with Gasteiger partial charge >= 0.3 is 12.1 Å². The zero-order valence-electron chi connectivity index (χ0n) is 16.3. The number of carbonyl (C=O) groups is 2. The summed E-state index contributed by atoms with van der Waals surface area (Å²) in [5.41, 5.74) is 1.18. The Morgan fingerprint density at radius 3 is 2.65 bits per heavy atom. The first-order chi connectivity index (χ1) is 14.7. The molecular formula is C19H21F3N4O5. The quantitative estimate of drug-likeness (QED) is 0.742. The molecule has 4 rings (SSSR count). The van der Waals surface area contributed by atoms with Crippen LogP contribution in [0.4, 0.5) is 19.0 Å². The molecule has 2 aromatic rings. The number of fused-ring (bicyclic) bond motifs is 1. The van der Waals surface area contributed by atoms with E-state index in [0.29, 0.717) is 11.9 Å². The molecule has 4 heterocycles. The van der Waals surface area contributed by atoms with Crippen LogP contribution in [0.3, 0.4) is 0 Å². The number of halogens is 3. The van der Waals surface area contributed by atoms with Crippen LogP contribution in [0.2, 0.25) is 0 Å². The van der Waals surface area contributed by atoms with Crippen LogP contribution >= 0.6 is 0 Å². The molecule has 0 radical (unpaired) electrons. The highest BCUT2D eigenvalue weighted by Gasteiger charge is 2.41. The summed E-state index contributed by atoms with van der Waals surface area (Å²) in [4.78, 5) is 31.7. The second-order valence-electron chi connectivity index (χ2n) is 7.08. The van der Waals surface area contributed by atoms with Gasteiger partial charge in [-0.1, -0.05) is 0 Å². The van der Waals surface area contributed by atoms with Gasteiger partial charge in [-0.2, -0.15) is 13.2 Å². The number of furan rings is 1. The summed E-state index contributed by atoms with van der Waals surface area (Å²) in [5, 5.41) is 9.90. The number of likely N-dealkylation sites (tertiary alicyclic amines) is 1. The van der Waals surface area contributed by atoms with Gasteiger partial charge in [0.1, 0.15) is 6.10 Å². The number of amides is 1. The predicted octanol–water partition coefficient (Wildman–Crippen LogP) is 2.46. The molecule has 0 aromatic carbocycles. The third-order valence-electron chi connectivity index (χ3n) is 4.98. The molecular weight excluding hydrogens is 421 g/mol. The van der Waals surface area contributed by atoms with E-state index in [1.807, 2.05) is 6.07 Å². The molecule has 2 N–H and O–H groups in total. The van der Waals surface area contributed by atoms with Crippen LogP contribution in [0.5, 0.6) is 0 Å². The van der Waals surface area contributed by atoms with Gasteiger partial charge in [0, 0.05) is 37.1 Å². The number of ether oxygens (including phenoxy) is 1. The Hall–Kier alpha value is -2.99. The molecule has 0 unspecified atom stereocenters. The molecule has 0 spiro atoms. The standard InChI is InChI=1S/C17H20N4O3.C2HF3O2/c22-17(20-16-9-18-5-6-19-16)15-2-1-13-14(24-15)3-7-21(13)10-12-4-8-23-11-12;3-2(4,5)1(6)7/h4-6,8-9,11,13-15H,1-3,7,10H2,(H,19,20,22);(H,6,7)/t13-,14-,15+;/m1./s1. The zero-order chi connectivity index (χ0) is 22.4. The van der Waals surface area contributed by atoms with E-state index < -0.39 is 18.2 Å². The molecule has 3 atom stereocenters. The number of carboxylic acid groups (broad SMARTS) is 1. The van der Waals surface area contributed by atoms with Gasteiger partial charge in [0.05, 0.1) is 24.8 Å². The van der Waals surface area contributed by atoms with Gasteiger partial charge in [0.2, 0.25) is 0 Å². The lowest BCUT2D eigenvalue weighted by atomic mass is 9.98. The number of carboxylic acids is 1. The minimum Gasteiger partial charge on any atom is -0.475 e. The van der Waals surface area contributed by atoms with Gasteiger partial charge in [-0.3, -0.25) is 14.7 Å². The highest BCUT2D eigenvalue weighted by Crippen LogP contribution is 2.32. The number of nitrogens with zero attached hydrogens (tertiary/aromatic N) is 3. The number of carbonyl (C=O) groups excluding carboxylic acids is 1. The second-order valence-corrected chi connectivity index (χ2v) is 7.08. The monoisotopic (exact) mass is 442 g/mol. The van der Waals surface area contributed by atoms with Crippen molar-refractivity contribution in [1.82, 2.24) is 14.9 Å². The third-order valence-corrected chi connectivity index (χ3v) is 4.98. The fraction of sp³-hybridized carbons (Fsp3) is 0.474. The Kier molecular flexibility index (Phi) is 7.23. The minimum absolute atomic E-state index is 0.114. The van der Waals surface area contributed by atoms with Crippen molar-refractivity contribution in [3.05, 3.63) is 42.7 Å². The first kappa shape index (κ1) is 22.7. The van der Waals surface area contributed by atoms with Crippen molar-refractivity contribution in [1.29, 1.82) is 0 Å². The second kappa shape index (κ2) is 9.88. The summed E-state index contributed by atoms with van der Waals surface area (Å²) in [6.07, 6.45) is 5.40. The van der Waals surface area contributed by atoms with Gasteiger partial charge in [-0.05, 0) is 25.3 Å². The highest BCUT2D eigenvalue weighted by molar-refractivity contribution is 5.93. The largest absolute Gasteiger partial charge is 0.490 e. The molecule has 2 aliphatic rings. The fourth-order valence-corrected chi connectivity index (χ4v) is 3.59. The summed E-state index contributed by atoms with van der Waals surface area (Å²) >= 11 is 0. The maximum absolute atomic E-state index is 12.4. The van der Waals surface area contributed by atoms with Crippen LogP contribution in [0.25, 0.3) is 0 Å². The Balaban J connectivity index is 0.000000339. The number of aliphatic carboxylic acids is 1. The lowest BCUT2D eigenvalue weighted by Gasteiger charge is -2.35. The molecule has 2 aromatic heterocycles. The number of alkyl halides is 3. The van der Waals surface area contributed by atoms with Crippen molar-refractivity contribution in [2.75, 3.05) is 11.9 Å². The zero-order valence-corrected chi connectivity index (χ0v) is 16.3. The highest BCUT2D eigenvalue weighted by atomic mass is 19.4. The van der Waals surface area contributed by atoms with Crippen molar-refractivity contribution < 1.29 is 37.0 Å². The first-order valence-electron chi connectivity index (χ1n) is 9.51. The van der Waals surface area contributed by atoms with E-state index in [4.69, 9.17) is 19.1 Å². The SMILES string of the molecule is O=C(Nc1cnccn1)[C@@H]1CC[C@@H]2[C@@H](CCN2Cc2ccoc2)O1.O=C(O)C(F)(F)F. The molecule has 9 nitrogen and oxygen atoms in total. The maximum atomic E-state index is 12.4. The molecule has 0 aliphatic carbocycles. The average Bonchev–Trinajstić information content (AvgIpc) is 3.39. The van der Waals surface area contributed by atoms with E-state index in [1.54, 1.807) is 24.9 Å². The molecule has 12 heteroatoms. The van der Waals surface area contributed by atoms with Crippen molar-refractivity contribution in [2.45, 2.75) is 50.2 Å². The lowest BCUT2D eigenvalue weighted by molar-refractivity contribution is -0.192. The number of anilines is 1. The number of hydrogen-bond acceptors (Lipinski definition) is 7. The van der Waals surface area contributed by atoms with Crippen LogP contribution in [-0.2, 0) is 20.9 Å². The smallest absolute Gasteiger partial charge is 0.475 e. The van der Waals surface area contributed by atoms with E-state index in [9.17, 15) is 18.0 Å². The van der Waals surface area contributed by atoms with Crippen LogP contribution in [0.1, 0.15) is 24.8 Å². The van der Waals surface area contributed by atoms with E-state index in [-0.39, 0.29) is 12.0 Å². The van der Waals surface area contributed by atoms with Gasteiger partial charge in [-0.15, -0.1) is 0 Å². The van der Waals surface area contributed by atoms with E-state index in [1.165, 1.54) is 11.8 Å². The van der Waals surface area contributed by atoms with Crippen molar-refractivity contribution in [3.8, 4) is 0 Å². The van der Waals surface area contributed by atoms with Gasteiger partial charge in [0.25, 0.3) is 5.91 Å². The molecule has 2 fully saturated rings. The maximum Gasteiger partial charge on any atom is 0.490 e. The molecule has 1 amide bonds. The molecule has 0 bridgehead atoms. The van der Waals surface area contributed by atoms with Crippen molar-refractivity contribution >= 4 is 17.7 Å². The fourth-order valence-electron chi connectivity index (χ4n) is 3.59. The number of hydrogen-bond donors (Lipinski definition) is 2. The Bertz CT molecular complexity index is 863. The van der Waals surface area contributed by atoms with Crippen LogP contribution in [0, 0.1) is 0 Å². The van der Waals surface area contributed by atoms with Gasteiger partial charge in [-0.25, -0.2) is 9.78 Å². The van der Waals surface area contributed by atoms with Crippen LogP contribution in [0.15, 0.2) is 41.6 Å². The minimum atomic E-state index is -5.08. The Morgan fingerprint density at radius 2 is 2.03 bits per heavy atom. The summed E-state index contributed by atoms with van der Waals surface area (Å²) in [5.74, 6) is -2.43. The third kappa shape index (κ3) is 6.25. The van der Waals surface area contributed by atoms with E-state index >= 15 is 0 Å². The Morgan fingerprint density at radius 1 is 1.26 bits per heavy atom. The molecule has 168 valence electrons. The predicted molar refractivity (Wildman–Crippen MR) is 99.8 cm³/mol. The number of rotatable bonds is 4. The van der Waals surface area contributed by atoms with Crippen LogP contribution < -0.4 is 5.32 Å². The molecule has 2 aliphatic heterocycles. The van der Waals surface area contributed by atoms with Crippen LogP contribution in [-0.4, -0.2) is 62.8 Å². The van der Waals surface area contributed by atoms with Gasteiger partial charge < -0.3 is 19.6 Å². The summed E-state index contributed by atoms with van der Waals surface area (Å²) < 4.78 is 42.9. The number of nitrogens with one attached hydrogen (secondary N) is 1. The average molecular weight is 442 g/mol. The normalized spacial score (nSPS) is 23.4. The first-order valence-corrected chi connectivity index (χ1v) is 9.51. The van der Waals surface area contributed by atoms with E-state index in [2.05, 4.69) is 20.2 Å². The number of aromatic nitrogens is 2. The topological polar surface area (TPSA) is 118 Å². The van der Waals surface area contributed by atoms with Crippen molar-refractivity contribution in [3.63, 3.8) is 0 Å². The van der Waals surface area contributed by atoms with E-state index in [0.717, 1.165) is 32.4 Å². The molecule has 0 saturated carbocycles. The lowest BCUT2D eigenvalue weighted by Crippen LogP contribution is -2.46. The summed E-state index contributed by atoms with van der Waals surface area (Å²) in [6, 6.07) is 2.37. The summed E-state index contributed by atoms with van der Waals surface area (Å²) in [6.45, 7) is 1.86. The summed E-state index contributed by atoms with van der Waals surface area (Å²) in [7, 11) is 0. The van der Waals surface area contributed by atoms with Crippen molar-refractivity contribution in [2.24, 2.45) is 0 Å². The molecule has 2 saturated heterocycles. The molecule has 31 heavy (non-hydrogen) atoms. The van der Waals surface area contributed by atoms with Gasteiger partial charge in [0.15, 0.2) is 5.82 Å².